The van der Waals surface area contributed by atoms with Gasteiger partial charge in [0.1, 0.15) is 0 Å². The molecular weight excluding hydrogens is 200 g/mol. The maximum atomic E-state index is 12.0. The van der Waals surface area contributed by atoms with Crippen molar-refractivity contribution >= 4 is 5.91 Å². The van der Waals surface area contributed by atoms with Crippen molar-refractivity contribution in [2.45, 2.75) is 44.6 Å². The predicted molar refractivity (Wildman–Crippen MR) is 67.3 cm³/mol. The van der Waals surface area contributed by atoms with Gasteiger partial charge < -0.3 is 10.2 Å². The summed E-state index contributed by atoms with van der Waals surface area (Å²) in [5, 5.41) is 3.16. The third kappa shape index (κ3) is 3.97. The Morgan fingerprint density at radius 2 is 2.38 bits per heavy atom. The van der Waals surface area contributed by atoms with E-state index in [4.69, 9.17) is 0 Å². The zero-order valence-electron chi connectivity index (χ0n) is 10.4. The van der Waals surface area contributed by atoms with Crippen LogP contribution in [0.1, 0.15) is 38.5 Å². The summed E-state index contributed by atoms with van der Waals surface area (Å²) >= 11 is 0. The van der Waals surface area contributed by atoms with Crippen molar-refractivity contribution in [1.29, 1.82) is 0 Å². The summed E-state index contributed by atoms with van der Waals surface area (Å²) in [5.74, 6) is 0.306. The van der Waals surface area contributed by atoms with Crippen LogP contribution in [-0.2, 0) is 4.79 Å². The van der Waals surface area contributed by atoms with Gasteiger partial charge in [0.25, 0.3) is 0 Å². The summed E-state index contributed by atoms with van der Waals surface area (Å²) < 4.78 is 0. The van der Waals surface area contributed by atoms with Crippen LogP contribution >= 0.6 is 0 Å². The molecule has 0 saturated carbocycles. The largest absolute Gasteiger partial charge is 0.340 e. The topological polar surface area (TPSA) is 32.3 Å². The molecule has 1 atom stereocenters. The highest BCUT2D eigenvalue weighted by Gasteiger charge is 2.25. The van der Waals surface area contributed by atoms with Gasteiger partial charge in [0.2, 0.25) is 5.91 Å². The molecule has 3 nitrogen and oxygen atoms in total. The first-order valence-electron chi connectivity index (χ1n) is 6.34. The van der Waals surface area contributed by atoms with Crippen molar-refractivity contribution in [3.63, 3.8) is 0 Å². The molecule has 0 aromatic rings. The quantitative estimate of drug-likeness (QED) is 0.699. The van der Waals surface area contributed by atoms with Gasteiger partial charge in [0, 0.05) is 19.0 Å². The highest BCUT2D eigenvalue weighted by molar-refractivity contribution is 5.76. The van der Waals surface area contributed by atoms with Crippen molar-refractivity contribution in [3.05, 3.63) is 12.7 Å². The summed E-state index contributed by atoms with van der Waals surface area (Å²) in [6, 6.07) is 0.457. The van der Waals surface area contributed by atoms with E-state index in [0.29, 0.717) is 18.4 Å². The van der Waals surface area contributed by atoms with Crippen LogP contribution in [0.15, 0.2) is 12.7 Å². The minimum absolute atomic E-state index is 0.306. The molecule has 0 aromatic carbocycles. The van der Waals surface area contributed by atoms with Crippen molar-refractivity contribution < 1.29 is 4.79 Å². The van der Waals surface area contributed by atoms with Crippen LogP contribution in [0.2, 0.25) is 0 Å². The summed E-state index contributed by atoms with van der Waals surface area (Å²) in [5.41, 5.74) is 0. The van der Waals surface area contributed by atoms with Gasteiger partial charge in [-0.05, 0) is 45.7 Å². The highest BCUT2D eigenvalue weighted by Crippen LogP contribution is 2.20. The summed E-state index contributed by atoms with van der Waals surface area (Å²) in [7, 11) is 1.96. The second kappa shape index (κ2) is 7.44. The van der Waals surface area contributed by atoms with Crippen LogP contribution in [-0.4, -0.2) is 37.0 Å². The fraction of sp³-hybridized carbons (Fsp3) is 0.769. The molecule has 0 spiro atoms. The number of allylic oxidation sites excluding steroid dienone is 1. The molecule has 0 aliphatic carbocycles. The molecular formula is C13H24N2O. The first-order valence-corrected chi connectivity index (χ1v) is 6.34. The van der Waals surface area contributed by atoms with Gasteiger partial charge in [-0.3, -0.25) is 4.79 Å². The van der Waals surface area contributed by atoms with Crippen LogP contribution in [0, 0.1) is 0 Å². The van der Waals surface area contributed by atoms with E-state index in [1.807, 2.05) is 13.1 Å². The Kier molecular flexibility index (Phi) is 6.16. The monoisotopic (exact) mass is 224 g/mol. The predicted octanol–water partition coefficient (Wildman–Crippen LogP) is 1.94. The SMILES string of the molecule is C=CCCC(=O)N1CCCCC1CCNC. The number of carbonyl (C=O) groups is 1. The summed E-state index contributed by atoms with van der Waals surface area (Å²) in [6.45, 7) is 5.61. The van der Waals surface area contributed by atoms with Gasteiger partial charge in [0.05, 0.1) is 0 Å². The average molecular weight is 224 g/mol. The third-order valence-corrected chi connectivity index (χ3v) is 3.24. The van der Waals surface area contributed by atoms with E-state index in [1.165, 1.54) is 12.8 Å². The molecule has 0 bridgehead atoms. The van der Waals surface area contributed by atoms with Gasteiger partial charge in [-0.15, -0.1) is 6.58 Å². The molecule has 16 heavy (non-hydrogen) atoms. The normalized spacial score (nSPS) is 20.8. The van der Waals surface area contributed by atoms with E-state index < -0.39 is 0 Å². The average Bonchev–Trinajstić information content (AvgIpc) is 2.33. The Bertz CT molecular complexity index is 228. The fourth-order valence-corrected chi connectivity index (χ4v) is 2.31. The number of piperidine rings is 1. The van der Waals surface area contributed by atoms with E-state index in [-0.39, 0.29) is 0 Å². The van der Waals surface area contributed by atoms with Gasteiger partial charge in [-0.1, -0.05) is 6.08 Å². The van der Waals surface area contributed by atoms with E-state index in [9.17, 15) is 4.79 Å². The lowest BCUT2D eigenvalue weighted by atomic mass is 9.98. The zero-order valence-corrected chi connectivity index (χ0v) is 10.4. The molecule has 92 valence electrons. The molecule has 1 fully saturated rings. The van der Waals surface area contributed by atoms with E-state index >= 15 is 0 Å². The lowest BCUT2D eigenvalue weighted by Crippen LogP contribution is -2.44. The number of hydrogen-bond donors (Lipinski definition) is 1. The molecule has 0 radical (unpaired) electrons. The molecule has 1 saturated heterocycles. The molecule has 1 heterocycles. The van der Waals surface area contributed by atoms with Crippen LogP contribution in [0.5, 0.6) is 0 Å². The fourth-order valence-electron chi connectivity index (χ4n) is 2.31. The minimum Gasteiger partial charge on any atom is -0.340 e. The first-order chi connectivity index (χ1) is 7.79. The molecule has 1 aliphatic rings. The van der Waals surface area contributed by atoms with Gasteiger partial charge in [-0.25, -0.2) is 0 Å². The lowest BCUT2D eigenvalue weighted by molar-refractivity contribution is -0.134. The Morgan fingerprint density at radius 3 is 3.06 bits per heavy atom. The van der Waals surface area contributed by atoms with E-state index in [1.54, 1.807) is 0 Å². The van der Waals surface area contributed by atoms with Crippen LogP contribution in [0.4, 0.5) is 0 Å². The Morgan fingerprint density at radius 1 is 1.56 bits per heavy atom. The molecule has 1 aliphatic heterocycles. The molecule has 0 aromatic heterocycles. The van der Waals surface area contributed by atoms with Crippen molar-refractivity contribution in [2.24, 2.45) is 0 Å². The number of hydrogen-bond acceptors (Lipinski definition) is 2. The number of likely N-dealkylation sites (tertiary alicyclic amines) is 1. The second-order valence-corrected chi connectivity index (χ2v) is 4.46. The highest BCUT2D eigenvalue weighted by atomic mass is 16.2. The van der Waals surface area contributed by atoms with Crippen LogP contribution < -0.4 is 5.32 Å². The summed E-state index contributed by atoms with van der Waals surface area (Å²) in [4.78, 5) is 14.1. The van der Waals surface area contributed by atoms with Gasteiger partial charge in [0.15, 0.2) is 0 Å². The third-order valence-electron chi connectivity index (χ3n) is 3.24. The zero-order chi connectivity index (χ0) is 11.8. The van der Waals surface area contributed by atoms with E-state index in [2.05, 4.69) is 16.8 Å². The second-order valence-electron chi connectivity index (χ2n) is 4.46. The number of nitrogens with zero attached hydrogens (tertiary/aromatic N) is 1. The van der Waals surface area contributed by atoms with Crippen LogP contribution in [0.3, 0.4) is 0 Å². The Hall–Kier alpha value is -0.830. The number of amides is 1. The molecule has 1 N–H and O–H groups in total. The maximum absolute atomic E-state index is 12.0. The molecule has 1 unspecified atom stereocenters. The molecule has 1 rings (SSSR count). The number of rotatable bonds is 6. The maximum Gasteiger partial charge on any atom is 0.223 e. The smallest absolute Gasteiger partial charge is 0.223 e. The van der Waals surface area contributed by atoms with Crippen LogP contribution in [0.25, 0.3) is 0 Å². The molecule has 1 amide bonds. The van der Waals surface area contributed by atoms with Crippen molar-refractivity contribution in [3.8, 4) is 0 Å². The Balaban J connectivity index is 2.44. The number of nitrogens with one attached hydrogen (secondary N) is 1. The van der Waals surface area contributed by atoms with E-state index in [0.717, 1.165) is 32.4 Å². The Labute approximate surface area is 98.9 Å². The molecule has 3 heteroatoms. The van der Waals surface area contributed by atoms with Crippen molar-refractivity contribution in [1.82, 2.24) is 10.2 Å². The minimum atomic E-state index is 0.306. The van der Waals surface area contributed by atoms with Gasteiger partial charge >= 0.3 is 0 Å². The lowest BCUT2D eigenvalue weighted by Gasteiger charge is -2.36. The first kappa shape index (κ1) is 13.2. The number of carbonyl (C=O) groups excluding carboxylic acids is 1. The van der Waals surface area contributed by atoms with Gasteiger partial charge in [-0.2, -0.15) is 0 Å². The standard InChI is InChI=1S/C13H24N2O/c1-3-4-8-13(16)15-11-6-5-7-12(15)9-10-14-2/h3,12,14H,1,4-11H2,2H3. The van der Waals surface area contributed by atoms with Crippen molar-refractivity contribution in [2.75, 3.05) is 20.1 Å². The summed E-state index contributed by atoms with van der Waals surface area (Å²) in [6.07, 6.45) is 7.92.